The molecule has 0 radical (unpaired) electrons. The van der Waals surface area contributed by atoms with E-state index in [1.54, 1.807) is 30.5 Å². The molecule has 4 rings (SSSR count). The molecule has 0 saturated heterocycles. The number of nitrogens with one attached hydrogen (secondary N) is 1. The first-order valence-electron chi connectivity index (χ1n) is 8.00. The maximum Gasteiger partial charge on any atom is 0.269 e. The summed E-state index contributed by atoms with van der Waals surface area (Å²) in [5.74, 6) is 0.790. The van der Waals surface area contributed by atoms with Crippen LogP contribution < -0.4 is 10.1 Å². The summed E-state index contributed by atoms with van der Waals surface area (Å²) in [6.07, 6.45) is 1.57. The minimum atomic E-state index is -3.78. The zero-order valence-corrected chi connectivity index (χ0v) is 15.1. The van der Waals surface area contributed by atoms with Crippen molar-refractivity contribution < 1.29 is 13.2 Å². The number of hydrogen-bond acceptors (Lipinski definition) is 4. The highest BCUT2D eigenvalue weighted by atomic mass is 35.5. The Morgan fingerprint density at radius 1 is 1.20 bits per heavy atom. The van der Waals surface area contributed by atoms with Crippen LogP contribution in [0.2, 0.25) is 5.02 Å². The number of hydrogen-bond donors (Lipinski definition) is 1. The molecule has 0 amide bonds. The van der Waals surface area contributed by atoms with Crippen LogP contribution >= 0.6 is 11.6 Å². The van der Waals surface area contributed by atoms with Crippen LogP contribution in [0.5, 0.6) is 5.75 Å². The first kappa shape index (κ1) is 16.4. The zero-order chi connectivity index (χ0) is 17.6. The highest BCUT2D eigenvalue weighted by Crippen LogP contribution is 2.36. The fourth-order valence-electron chi connectivity index (χ4n) is 3.28. The van der Waals surface area contributed by atoms with E-state index < -0.39 is 10.0 Å². The topological polar surface area (TPSA) is 60.3 Å². The second-order valence-corrected chi connectivity index (χ2v) is 8.17. The maximum absolute atomic E-state index is 13.1. The van der Waals surface area contributed by atoms with Gasteiger partial charge >= 0.3 is 0 Å². The van der Waals surface area contributed by atoms with Crippen molar-refractivity contribution in [3.05, 3.63) is 59.2 Å². The molecule has 1 aliphatic rings. The largest absolute Gasteiger partial charge is 0.492 e. The maximum atomic E-state index is 13.1. The smallest absolute Gasteiger partial charge is 0.269 e. The molecule has 3 aromatic rings. The summed E-state index contributed by atoms with van der Waals surface area (Å²) in [6, 6.07) is 12.0. The van der Waals surface area contributed by atoms with E-state index in [-0.39, 0.29) is 16.0 Å². The van der Waals surface area contributed by atoms with E-state index in [9.17, 15) is 8.42 Å². The van der Waals surface area contributed by atoms with Crippen molar-refractivity contribution in [3.63, 3.8) is 0 Å². The number of ether oxygens (including phenoxy) is 1. The van der Waals surface area contributed by atoms with Crippen molar-refractivity contribution in [2.24, 2.45) is 0 Å². The van der Waals surface area contributed by atoms with E-state index in [1.165, 1.54) is 10.0 Å². The lowest BCUT2D eigenvalue weighted by Crippen LogP contribution is -2.20. The molecule has 0 bridgehead atoms. The fraction of sp³-hybridized carbons (Fsp3) is 0.222. The molecule has 1 aliphatic heterocycles. The van der Waals surface area contributed by atoms with Crippen molar-refractivity contribution in [2.75, 3.05) is 13.2 Å². The predicted octanol–water partition coefficient (Wildman–Crippen LogP) is 3.57. The highest BCUT2D eigenvalue weighted by molar-refractivity contribution is 7.90. The number of benzene rings is 2. The molecule has 0 saturated carbocycles. The number of nitrogens with zero attached hydrogens (tertiary/aromatic N) is 1. The minimum Gasteiger partial charge on any atom is -0.492 e. The van der Waals surface area contributed by atoms with E-state index >= 15 is 0 Å². The second-order valence-electron chi connectivity index (χ2n) is 5.98. The van der Waals surface area contributed by atoms with Crippen LogP contribution in [0.1, 0.15) is 18.5 Å². The monoisotopic (exact) mass is 376 g/mol. The fourth-order valence-corrected chi connectivity index (χ4v) is 5.12. The number of rotatable bonds is 2. The van der Waals surface area contributed by atoms with Crippen LogP contribution in [0.4, 0.5) is 0 Å². The molecular formula is C18H17ClN2O3S. The summed E-state index contributed by atoms with van der Waals surface area (Å²) in [5.41, 5.74) is 1.58. The van der Waals surface area contributed by atoms with Crippen LogP contribution in [0.3, 0.4) is 0 Å². The van der Waals surface area contributed by atoms with Crippen molar-refractivity contribution in [1.29, 1.82) is 0 Å². The molecule has 0 spiro atoms. The van der Waals surface area contributed by atoms with Gasteiger partial charge in [0, 0.05) is 29.7 Å². The molecule has 130 valence electrons. The summed E-state index contributed by atoms with van der Waals surface area (Å²) in [4.78, 5) is 0.0894. The molecule has 1 N–H and O–H groups in total. The van der Waals surface area contributed by atoms with Gasteiger partial charge in [0.15, 0.2) is 0 Å². The number of halogens is 1. The molecule has 7 heteroatoms. The van der Waals surface area contributed by atoms with Gasteiger partial charge in [0.25, 0.3) is 10.0 Å². The normalized spacial score (nSPS) is 17.8. The van der Waals surface area contributed by atoms with Crippen LogP contribution in [-0.4, -0.2) is 25.5 Å². The zero-order valence-electron chi connectivity index (χ0n) is 13.6. The SMILES string of the molecule is CC1NCCOc2ccc3c(ccn3S(=O)(=O)c3ccccc3Cl)c21. The molecule has 2 aromatic carbocycles. The van der Waals surface area contributed by atoms with Gasteiger partial charge < -0.3 is 10.1 Å². The van der Waals surface area contributed by atoms with E-state index in [0.29, 0.717) is 12.1 Å². The third kappa shape index (κ3) is 2.61. The summed E-state index contributed by atoms with van der Waals surface area (Å²) >= 11 is 6.11. The minimum absolute atomic E-state index is 0.0695. The van der Waals surface area contributed by atoms with E-state index in [0.717, 1.165) is 23.2 Å². The Labute approximate surface area is 151 Å². The van der Waals surface area contributed by atoms with Gasteiger partial charge in [-0.3, -0.25) is 0 Å². The predicted molar refractivity (Wildman–Crippen MR) is 97.9 cm³/mol. The van der Waals surface area contributed by atoms with Crippen LogP contribution in [0.15, 0.2) is 53.6 Å². The van der Waals surface area contributed by atoms with Gasteiger partial charge in [-0.05, 0) is 37.3 Å². The first-order valence-corrected chi connectivity index (χ1v) is 9.82. The Bertz CT molecular complexity index is 1060. The van der Waals surface area contributed by atoms with E-state index in [2.05, 4.69) is 5.32 Å². The number of fused-ring (bicyclic) bond motifs is 3. The molecular weight excluding hydrogens is 360 g/mol. The average Bonchev–Trinajstić information content (AvgIpc) is 2.94. The molecule has 1 atom stereocenters. The van der Waals surface area contributed by atoms with Gasteiger partial charge in [0.2, 0.25) is 0 Å². The summed E-state index contributed by atoms with van der Waals surface area (Å²) in [5, 5.41) is 4.44. The molecule has 5 nitrogen and oxygen atoms in total. The molecule has 0 aliphatic carbocycles. The lowest BCUT2D eigenvalue weighted by atomic mass is 10.0. The van der Waals surface area contributed by atoms with E-state index in [1.807, 2.05) is 19.1 Å². The third-order valence-electron chi connectivity index (χ3n) is 4.45. The number of aromatic nitrogens is 1. The average molecular weight is 377 g/mol. The second kappa shape index (κ2) is 6.05. The molecule has 2 heterocycles. The Morgan fingerprint density at radius 2 is 2.00 bits per heavy atom. The van der Waals surface area contributed by atoms with Crippen molar-refractivity contribution in [3.8, 4) is 5.75 Å². The molecule has 0 fully saturated rings. The van der Waals surface area contributed by atoms with Crippen LogP contribution in [-0.2, 0) is 10.0 Å². The summed E-state index contributed by atoms with van der Waals surface area (Å²) in [6.45, 7) is 3.38. The Morgan fingerprint density at radius 3 is 2.80 bits per heavy atom. The standard InChI is InChI=1S/C18H17ClN2O3S/c1-12-18-13-8-10-21(15(13)6-7-16(18)24-11-9-20-12)25(22,23)17-5-3-2-4-14(17)19/h2-8,10,12,20H,9,11H2,1H3. The molecule has 25 heavy (non-hydrogen) atoms. The Balaban J connectivity index is 1.95. The quantitative estimate of drug-likeness (QED) is 0.742. The van der Waals surface area contributed by atoms with Crippen LogP contribution in [0.25, 0.3) is 10.9 Å². The summed E-state index contributed by atoms with van der Waals surface area (Å²) < 4.78 is 33.2. The van der Waals surface area contributed by atoms with Gasteiger partial charge in [0.05, 0.1) is 10.5 Å². The van der Waals surface area contributed by atoms with Gasteiger partial charge in [-0.2, -0.15) is 0 Å². The first-order chi connectivity index (χ1) is 12.0. The van der Waals surface area contributed by atoms with Crippen molar-refractivity contribution >= 4 is 32.5 Å². The third-order valence-corrected chi connectivity index (χ3v) is 6.64. The van der Waals surface area contributed by atoms with Crippen LogP contribution in [0, 0.1) is 0 Å². The lowest BCUT2D eigenvalue weighted by Gasteiger charge is -2.15. The Hall–Kier alpha value is -2.02. The highest BCUT2D eigenvalue weighted by Gasteiger charge is 2.25. The van der Waals surface area contributed by atoms with E-state index in [4.69, 9.17) is 16.3 Å². The molecule has 1 aromatic heterocycles. The Kier molecular flexibility index (Phi) is 3.98. The lowest BCUT2D eigenvalue weighted by molar-refractivity contribution is 0.325. The van der Waals surface area contributed by atoms with Gasteiger partial charge in [-0.1, -0.05) is 23.7 Å². The molecule has 1 unspecified atom stereocenters. The summed E-state index contributed by atoms with van der Waals surface area (Å²) in [7, 11) is -3.78. The van der Waals surface area contributed by atoms with Gasteiger partial charge in [-0.25, -0.2) is 12.4 Å². The van der Waals surface area contributed by atoms with Gasteiger partial charge in [-0.15, -0.1) is 0 Å². The van der Waals surface area contributed by atoms with Crippen molar-refractivity contribution in [2.45, 2.75) is 17.9 Å². The van der Waals surface area contributed by atoms with Crippen molar-refractivity contribution in [1.82, 2.24) is 9.29 Å². The van der Waals surface area contributed by atoms with Gasteiger partial charge in [0.1, 0.15) is 17.3 Å².